The van der Waals surface area contributed by atoms with E-state index in [0.29, 0.717) is 0 Å². The third-order valence-electron chi connectivity index (χ3n) is 3.41. The van der Waals surface area contributed by atoms with Crippen LogP contribution in [0.25, 0.3) is 0 Å². The molecule has 3 nitrogen and oxygen atoms in total. The Hall–Kier alpha value is -1.87. The Bertz CT molecular complexity index is 537. The maximum Gasteiger partial charge on any atom is 0.150 e. The number of hydrogen-bond acceptors (Lipinski definition) is 3. The molecule has 0 atom stereocenters. The number of ether oxygens (including phenoxy) is 1. The number of rotatable bonds is 8. The lowest BCUT2D eigenvalue weighted by molar-refractivity contribution is 0.470. The van der Waals surface area contributed by atoms with E-state index >= 15 is 0 Å². The fourth-order valence-electron chi connectivity index (χ4n) is 2.14. The lowest BCUT2D eigenvalue weighted by Gasteiger charge is -2.11. The molecule has 0 radical (unpaired) electrons. The first-order chi connectivity index (χ1) is 10.3. The molecule has 0 aliphatic rings. The van der Waals surface area contributed by atoms with Gasteiger partial charge in [-0.3, -0.25) is 4.98 Å². The predicted octanol–water partition coefficient (Wildman–Crippen LogP) is 4.33. The summed E-state index contributed by atoms with van der Waals surface area (Å²) >= 11 is 0. The minimum absolute atomic E-state index is 0.795. The van der Waals surface area contributed by atoms with Gasteiger partial charge in [-0.25, -0.2) is 0 Å². The summed E-state index contributed by atoms with van der Waals surface area (Å²) in [5.41, 5.74) is 2.49. The van der Waals surface area contributed by atoms with Gasteiger partial charge >= 0.3 is 0 Å². The highest BCUT2D eigenvalue weighted by Crippen LogP contribution is 2.24. The van der Waals surface area contributed by atoms with Gasteiger partial charge in [0.05, 0.1) is 6.20 Å². The monoisotopic (exact) mass is 284 g/mol. The second-order valence-corrected chi connectivity index (χ2v) is 5.11. The van der Waals surface area contributed by atoms with Crippen LogP contribution in [0.1, 0.15) is 37.8 Å². The highest BCUT2D eigenvalue weighted by molar-refractivity contribution is 5.36. The molecule has 0 unspecified atom stereocenters. The fraction of sp³-hybridized carbons (Fsp3) is 0.389. The van der Waals surface area contributed by atoms with Gasteiger partial charge in [0.1, 0.15) is 11.5 Å². The fourth-order valence-corrected chi connectivity index (χ4v) is 2.14. The topological polar surface area (TPSA) is 34.1 Å². The van der Waals surface area contributed by atoms with Crippen molar-refractivity contribution in [3.8, 4) is 11.5 Å². The quantitative estimate of drug-likeness (QED) is 0.783. The summed E-state index contributed by atoms with van der Waals surface area (Å²) in [5, 5.41) is 3.32. The van der Waals surface area contributed by atoms with Crippen LogP contribution in [0, 0.1) is 0 Å². The lowest BCUT2D eigenvalue weighted by atomic mass is 10.1. The third kappa shape index (κ3) is 4.87. The number of aryl methyl sites for hydroxylation is 1. The van der Waals surface area contributed by atoms with Gasteiger partial charge in [0.25, 0.3) is 0 Å². The summed E-state index contributed by atoms with van der Waals surface area (Å²) in [4.78, 5) is 4.15. The van der Waals surface area contributed by atoms with E-state index in [2.05, 4.69) is 36.3 Å². The van der Waals surface area contributed by atoms with Crippen LogP contribution in [0.4, 0.5) is 0 Å². The second-order valence-electron chi connectivity index (χ2n) is 5.11. The molecule has 2 rings (SSSR count). The first-order valence-electron chi connectivity index (χ1n) is 7.74. The maximum atomic E-state index is 5.96. The Labute approximate surface area is 127 Å². The van der Waals surface area contributed by atoms with Gasteiger partial charge in [-0.1, -0.05) is 32.4 Å². The number of aromatic nitrogens is 1. The Balaban J connectivity index is 2.04. The molecule has 3 heteroatoms. The molecule has 0 bridgehead atoms. The molecule has 0 aliphatic heterocycles. The number of benzene rings is 1. The SMILES string of the molecule is CCCCc1ccc(Oc2cnccc2CNCC)cc1. The van der Waals surface area contributed by atoms with E-state index in [1.807, 2.05) is 18.2 Å². The summed E-state index contributed by atoms with van der Waals surface area (Å²) in [6, 6.07) is 10.4. The highest BCUT2D eigenvalue weighted by Gasteiger charge is 2.04. The van der Waals surface area contributed by atoms with Crippen LogP contribution >= 0.6 is 0 Å². The van der Waals surface area contributed by atoms with Gasteiger partial charge in [0, 0.05) is 18.3 Å². The van der Waals surface area contributed by atoms with E-state index in [4.69, 9.17) is 4.74 Å². The van der Waals surface area contributed by atoms with E-state index in [-0.39, 0.29) is 0 Å². The first-order valence-corrected chi connectivity index (χ1v) is 7.74. The minimum atomic E-state index is 0.795. The number of nitrogens with one attached hydrogen (secondary N) is 1. The first kappa shape index (κ1) is 15.5. The van der Waals surface area contributed by atoms with E-state index in [9.17, 15) is 0 Å². The Morgan fingerprint density at radius 1 is 1.10 bits per heavy atom. The van der Waals surface area contributed by atoms with E-state index in [0.717, 1.165) is 36.6 Å². The average molecular weight is 284 g/mol. The normalized spacial score (nSPS) is 10.6. The van der Waals surface area contributed by atoms with Gasteiger partial charge in [-0.2, -0.15) is 0 Å². The number of pyridine rings is 1. The van der Waals surface area contributed by atoms with E-state index in [1.165, 1.54) is 18.4 Å². The van der Waals surface area contributed by atoms with Crippen LogP contribution in [0.3, 0.4) is 0 Å². The molecule has 21 heavy (non-hydrogen) atoms. The molecule has 0 aliphatic carbocycles. The van der Waals surface area contributed by atoms with Crippen molar-refractivity contribution in [2.45, 2.75) is 39.7 Å². The van der Waals surface area contributed by atoms with Crippen molar-refractivity contribution >= 4 is 0 Å². The summed E-state index contributed by atoms with van der Waals surface area (Å²) in [5.74, 6) is 1.68. The molecule has 112 valence electrons. The van der Waals surface area contributed by atoms with Crippen molar-refractivity contribution in [3.63, 3.8) is 0 Å². The van der Waals surface area contributed by atoms with Crippen molar-refractivity contribution in [1.82, 2.24) is 10.3 Å². The van der Waals surface area contributed by atoms with Gasteiger partial charge in [-0.15, -0.1) is 0 Å². The van der Waals surface area contributed by atoms with Crippen LogP contribution in [0.15, 0.2) is 42.7 Å². The van der Waals surface area contributed by atoms with Gasteiger partial charge < -0.3 is 10.1 Å². The van der Waals surface area contributed by atoms with E-state index in [1.54, 1.807) is 12.4 Å². The highest BCUT2D eigenvalue weighted by atomic mass is 16.5. The molecule has 0 spiro atoms. The van der Waals surface area contributed by atoms with Crippen molar-refractivity contribution in [2.75, 3.05) is 6.54 Å². The molecule has 1 heterocycles. The Morgan fingerprint density at radius 3 is 2.62 bits per heavy atom. The molecule has 1 N–H and O–H groups in total. The molecule has 2 aromatic rings. The number of unbranched alkanes of at least 4 members (excludes halogenated alkanes) is 1. The molecule has 1 aromatic heterocycles. The van der Waals surface area contributed by atoms with Crippen LogP contribution in [0.5, 0.6) is 11.5 Å². The third-order valence-corrected chi connectivity index (χ3v) is 3.41. The van der Waals surface area contributed by atoms with E-state index < -0.39 is 0 Å². The van der Waals surface area contributed by atoms with Gasteiger partial charge in [-0.05, 0) is 43.1 Å². The zero-order valence-electron chi connectivity index (χ0n) is 12.9. The standard InChI is InChI=1S/C18H24N2O/c1-3-5-6-15-7-9-17(10-8-15)21-18-14-20-12-11-16(18)13-19-4-2/h7-12,14,19H,3-6,13H2,1-2H3. The molecule has 0 amide bonds. The lowest BCUT2D eigenvalue weighted by Crippen LogP contribution is -2.12. The predicted molar refractivity (Wildman–Crippen MR) is 86.7 cm³/mol. The summed E-state index contributed by atoms with van der Waals surface area (Å²) in [7, 11) is 0. The summed E-state index contributed by atoms with van der Waals surface area (Å²) in [6.07, 6.45) is 7.16. The number of hydrogen-bond donors (Lipinski definition) is 1. The molecule has 0 saturated carbocycles. The van der Waals surface area contributed by atoms with Crippen molar-refractivity contribution < 1.29 is 4.74 Å². The summed E-state index contributed by atoms with van der Waals surface area (Å²) < 4.78 is 5.96. The van der Waals surface area contributed by atoms with Crippen LogP contribution < -0.4 is 10.1 Å². The molecule has 0 saturated heterocycles. The second kappa shape index (κ2) is 8.42. The van der Waals surface area contributed by atoms with Gasteiger partial charge in [0.15, 0.2) is 0 Å². The number of nitrogens with zero attached hydrogens (tertiary/aromatic N) is 1. The van der Waals surface area contributed by atoms with Crippen LogP contribution in [0.2, 0.25) is 0 Å². The van der Waals surface area contributed by atoms with Crippen LogP contribution in [-0.2, 0) is 13.0 Å². The average Bonchev–Trinajstić information content (AvgIpc) is 2.53. The maximum absolute atomic E-state index is 5.96. The van der Waals surface area contributed by atoms with Crippen molar-refractivity contribution in [2.24, 2.45) is 0 Å². The zero-order chi connectivity index (χ0) is 14.9. The van der Waals surface area contributed by atoms with Crippen molar-refractivity contribution in [3.05, 3.63) is 53.9 Å². The van der Waals surface area contributed by atoms with Crippen LogP contribution in [-0.4, -0.2) is 11.5 Å². The zero-order valence-corrected chi connectivity index (χ0v) is 12.9. The Kier molecular flexibility index (Phi) is 6.22. The van der Waals surface area contributed by atoms with Crippen molar-refractivity contribution in [1.29, 1.82) is 0 Å². The molecular formula is C18H24N2O. The molecule has 1 aromatic carbocycles. The summed E-state index contributed by atoms with van der Waals surface area (Å²) in [6.45, 7) is 6.04. The molecule has 0 fully saturated rings. The smallest absolute Gasteiger partial charge is 0.150 e. The molecular weight excluding hydrogens is 260 g/mol. The Morgan fingerprint density at radius 2 is 1.90 bits per heavy atom. The van der Waals surface area contributed by atoms with Gasteiger partial charge in [0.2, 0.25) is 0 Å². The largest absolute Gasteiger partial charge is 0.455 e. The minimum Gasteiger partial charge on any atom is -0.455 e.